The number of hydrogen-bond acceptors (Lipinski definition) is 0. The third-order valence-corrected chi connectivity index (χ3v) is 1.30. The SMILES string of the molecule is [CH2]CC#CCCCCC[CH2]. The van der Waals surface area contributed by atoms with Crippen molar-refractivity contribution >= 4 is 0 Å². The second-order valence-electron chi connectivity index (χ2n) is 2.27. The van der Waals surface area contributed by atoms with Gasteiger partial charge in [-0.3, -0.25) is 0 Å². The fraction of sp³-hybridized carbons (Fsp3) is 0.600. The predicted molar refractivity (Wildman–Crippen MR) is 46.2 cm³/mol. The van der Waals surface area contributed by atoms with Gasteiger partial charge < -0.3 is 0 Å². The summed E-state index contributed by atoms with van der Waals surface area (Å²) in [5.74, 6) is 6.01. The quantitative estimate of drug-likeness (QED) is 0.411. The smallest absolute Gasteiger partial charge is 0.00890 e. The van der Waals surface area contributed by atoms with Crippen molar-refractivity contribution in [2.75, 3.05) is 0 Å². The van der Waals surface area contributed by atoms with Crippen molar-refractivity contribution in [3.63, 3.8) is 0 Å². The third kappa shape index (κ3) is 7.56. The Kier molecular flexibility index (Phi) is 8.18. The zero-order valence-corrected chi connectivity index (χ0v) is 6.66. The van der Waals surface area contributed by atoms with E-state index in [0.717, 1.165) is 19.3 Å². The summed E-state index contributed by atoms with van der Waals surface area (Å²) >= 11 is 0. The third-order valence-electron chi connectivity index (χ3n) is 1.30. The number of hydrogen-bond donors (Lipinski definition) is 0. The van der Waals surface area contributed by atoms with Crippen molar-refractivity contribution in [1.82, 2.24) is 0 Å². The molecule has 0 heteroatoms. The lowest BCUT2D eigenvalue weighted by molar-refractivity contribution is 0.701. The molecule has 0 aliphatic carbocycles. The van der Waals surface area contributed by atoms with Gasteiger partial charge in [-0.2, -0.15) is 0 Å². The highest BCUT2D eigenvalue weighted by Gasteiger charge is 1.82. The molecule has 0 bridgehead atoms. The van der Waals surface area contributed by atoms with Crippen molar-refractivity contribution in [2.24, 2.45) is 0 Å². The molecule has 0 amide bonds. The molecule has 0 saturated carbocycles. The highest BCUT2D eigenvalue weighted by atomic mass is 13.9. The fourth-order valence-electron chi connectivity index (χ4n) is 0.744. The van der Waals surface area contributed by atoms with Crippen molar-refractivity contribution in [3.8, 4) is 11.8 Å². The van der Waals surface area contributed by atoms with Gasteiger partial charge in [0.15, 0.2) is 0 Å². The first-order chi connectivity index (χ1) is 4.91. The van der Waals surface area contributed by atoms with Crippen LogP contribution in [0.5, 0.6) is 0 Å². The molecule has 0 aliphatic heterocycles. The maximum absolute atomic E-state index is 3.77. The lowest BCUT2D eigenvalue weighted by atomic mass is 10.1. The van der Waals surface area contributed by atoms with Gasteiger partial charge in [-0.25, -0.2) is 0 Å². The molecular weight excluding hydrogens is 120 g/mol. The summed E-state index contributed by atoms with van der Waals surface area (Å²) in [7, 11) is 0. The molecule has 0 saturated heterocycles. The van der Waals surface area contributed by atoms with E-state index in [1.54, 1.807) is 0 Å². The van der Waals surface area contributed by atoms with Gasteiger partial charge in [0, 0.05) is 12.8 Å². The van der Waals surface area contributed by atoms with Gasteiger partial charge in [0.05, 0.1) is 0 Å². The molecule has 10 heavy (non-hydrogen) atoms. The minimum absolute atomic E-state index is 0.745. The van der Waals surface area contributed by atoms with Crippen LogP contribution in [0.15, 0.2) is 0 Å². The first-order valence-corrected chi connectivity index (χ1v) is 3.96. The van der Waals surface area contributed by atoms with E-state index in [1.165, 1.54) is 19.3 Å². The Balaban J connectivity index is 2.90. The van der Waals surface area contributed by atoms with Crippen LogP contribution >= 0.6 is 0 Å². The Labute approximate surface area is 65.0 Å². The van der Waals surface area contributed by atoms with E-state index in [-0.39, 0.29) is 0 Å². The van der Waals surface area contributed by atoms with Gasteiger partial charge in [0.2, 0.25) is 0 Å². The summed E-state index contributed by atoms with van der Waals surface area (Å²) < 4.78 is 0. The minimum atomic E-state index is 0.745. The Morgan fingerprint density at radius 1 is 0.900 bits per heavy atom. The van der Waals surface area contributed by atoms with Crippen LogP contribution in [-0.4, -0.2) is 0 Å². The van der Waals surface area contributed by atoms with E-state index in [4.69, 9.17) is 0 Å². The summed E-state index contributed by atoms with van der Waals surface area (Å²) in [4.78, 5) is 0. The van der Waals surface area contributed by atoms with Crippen molar-refractivity contribution < 1.29 is 0 Å². The van der Waals surface area contributed by atoms with E-state index in [2.05, 4.69) is 25.7 Å². The summed E-state index contributed by atoms with van der Waals surface area (Å²) in [6, 6.07) is 0. The van der Waals surface area contributed by atoms with Crippen LogP contribution in [0.1, 0.15) is 38.5 Å². The number of rotatable bonds is 4. The molecule has 0 fully saturated rings. The molecular formula is C10H16. The fourth-order valence-corrected chi connectivity index (χ4v) is 0.744. The molecule has 0 N–H and O–H groups in total. The Hall–Kier alpha value is -0.440. The first kappa shape index (κ1) is 9.56. The van der Waals surface area contributed by atoms with Crippen LogP contribution in [0.25, 0.3) is 0 Å². The van der Waals surface area contributed by atoms with E-state index >= 15 is 0 Å². The summed E-state index contributed by atoms with van der Waals surface area (Å²) in [6.45, 7) is 7.41. The van der Waals surface area contributed by atoms with Crippen LogP contribution in [0, 0.1) is 25.7 Å². The standard InChI is InChI=1S/C10H16/c1-3-5-7-9-10-8-6-4-2/h1-5,7,9-10H2. The Morgan fingerprint density at radius 3 is 2.30 bits per heavy atom. The first-order valence-electron chi connectivity index (χ1n) is 3.96. The van der Waals surface area contributed by atoms with Gasteiger partial charge >= 0.3 is 0 Å². The molecule has 2 radical (unpaired) electrons. The van der Waals surface area contributed by atoms with Gasteiger partial charge in [0.25, 0.3) is 0 Å². The second-order valence-corrected chi connectivity index (χ2v) is 2.27. The van der Waals surface area contributed by atoms with E-state index in [9.17, 15) is 0 Å². The van der Waals surface area contributed by atoms with Crippen LogP contribution in [-0.2, 0) is 0 Å². The largest absolute Gasteiger partial charge is 0.103 e. The van der Waals surface area contributed by atoms with Crippen LogP contribution in [0.3, 0.4) is 0 Å². The van der Waals surface area contributed by atoms with Gasteiger partial charge in [0.1, 0.15) is 0 Å². The van der Waals surface area contributed by atoms with Crippen LogP contribution in [0.4, 0.5) is 0 Å². The van der Waals surface area contributed by atoms with E-state index in [1.807, 2.05) is 0 Å². The highest BCUT2D eigenvalue weighted by Crippen LogP contribution is 2.00. The monoisotopic (exact) mass is 136 g/mol. The molecule has 0 nitrogen and oxygen atoms in total. The van der Waals surface area contributed by atoms with Gasteiger partial charge in [-0.1, -0.05) is 26.2 Å². The predicted octanol–water partition coefficient (Wildman–Crippen LogP) is 3.00. The van der Waals surface area contributed by atoms with E-state index in [0.29, 0.717) is 0 Å². The minimum Gasteiger partial charge on any atom is -0.103 e. The van der Waals surface area contributed by atoms with Crippen molar-refractivity contribution in [3.05, 3.63) is 13.8 Å². The van der Waals surface area contributed by atoms with Crippen molar-refractivity contribution in [2.45, 2.75) is 38.5 Å². The second kappa shape index (κ2) is 8.56. The van der Waals surface area contributed by atoms with Crippen LogP contribution < -0.4 is 0 Å². The molecule has 0 aromatic rings. The van der Waals surface area contributed by atoms with Crippen LogP contribution in [0.2, 0.25) is 0 Å². The summed E-state index contributed by atoms with van der Waals surface area (Å²) in [5, 5.41) is 0. The van der Waals surface area contributed by atoms with Crippen molar-refractivity contribution in [1.29, 1.82) is 0 Å². The molecule has 0 unspecified atom stereocenters. The van der Waals surface area contributed by atoms with Gasteiger partial charge in [-0.15, -0.1) is 11.8 Å². The molecule has 0 aliphatic rings. The molecule has 0 heterocycles. The maximum atomic E-state index is 3.77. The van der Waals surface area contributed by atoms with E-state index < -0.39 is 0 Å². The number of unbranched alkanes of at least 4 members (excludes halogenated alkanes) is 4. The zero-order chi connectivity index (χ0) is 7.66. The molecule has 0 rings (SSSR count). The molecule has 0 spiro atoms. The highest BCUT2D eigenvalue weighted by molar-refractivity contribution is 4.98. The Bertz CT molecular complexity index is 103. The lowest BCUT2D eigenvalue weighted by Crippen LogP contribution is -1.73. The Morgan fingerprint density at radius 2 is 1.70 bits per heavy atom. The maximum Gasteiger partial charge on any atom is 0.00890 e. The topological polar surface area (TPSA) is 0 Å². The molecule has 0 aromatic heterocycles. The average molecular weight is 136 g/mol. The average Bonchev–Trinajstić information content (AvgIpc) is 1.97. The zero-order valence-electron chi connectivity index (χ0n) is 6.66. The molecule has 56 valence electrons. The normalized spacial score (nSPS) is 8.60. The summed E-state index contributed by atoms with van der Waals surface area (Å²) in [5.41, 5.74) is 0. The summed E-state index contributed by atoms with van der Waals surface area (Å²) in [6.07, 6.45) is 6.58. The molecule has 0 atom stereocenters. The molecule has 0 aromatic carbocycles. The van der Waals surface area contributed by atoms with Gasteiger partial charge in [-0.05, 0) is 13.3 Å². The lowest BCUT2D eigenvalue weighted by Gasteiger charge is -1.91.